The third-order valence-corrected chi connectivity index (χ3v) is 5.15. The zero-order valence-electron chi connectivity index (χ0n) is 16.4. The number of nitrogens with two attached hydrogens (primary N) is 1. The Hall–Kier alpha value is -3.08. The molecule has 0 aliphatic carbocycles. The lowest BCUT2D eigenvalue weighted by Crippen LogP contribution is -2.15. The fourth-order valence-corrected chi connectivity index (χ4v) is 3.35. The largest absolute Gasteiger partial charge is 0.368 e. The molecule has 0 atom stereocenters. The van der Waals surface area contributed by atoms with Crippen LogP contribution in [0.25, 0.3) is 17.3 Å². The first-order valence-corrected chi connectivity index (χ1v) is 9.43. The van der Waals surface area contributed by atoms with Crippen molar-refractivity contribution < 1.29 is 0 Å². The van der Waals surface area contributed by atoms with Gasteiger partial charge in [0.2, 0.25) is 11.9 Å². The van der Waals surface area contributed by atoms with E-state index in [2.05, 4.69) is 21.0 Å². The van der Waals surface area contributed by atoms with E-state index in [-0.39, 0.29) is 17.3 Å². The van der Waals surface area contributed by atoms with Gasteiger partial charge in [-0.25, -0.2) is 0 Å². The lowest BCUT2D eigenvalue weighted by Gasteiger charge is -2.12. The van der Waals surface area contributed by atoms with Crippen LogP contribution in [0.2, 0.25) is 10.0 Å². The van der Waals surface area contributed by atoms with E-state index in [4.69, 9.17) is 28.9 Å². The third-order valence-electron chi connectivity index (χ3n) is 4.34. The lowest BCUT2D eigenvalue weighted by molar-refractivity contribution is 0.951. The van der Waals surface area contributed by atoms with Crippen LogP contribution in [0, 0.1) is 25.2 Å². The summed E-state index contributed by atoms with van der Waals surface area (Å²) < 4.78 is 1.99. The molecule has 0 aliphatic rings. The summed E-state index contributed by atoms with van der Waals surface area (Å²) in [5.74, 6) is 0.648. The number of nitrogens with zero attached hydrogens (tertiary/aromatic N) is 6. The monoisotopic (exact) mass is 427 g/mol. The van der Waals surface area contributed by atoms with Gasteiger partial charge in [-0.1, -0.05) is 29.3 Å². The minimum atomic E-state index is 0.0519. The van der Waals surface area contributed by atoms with Crippen LogP contribution in [-0.4, -0.2) is 33.6 Å². The van der Waals surface area contributed by atoms with Gasteiger partial charge in [-0.2, -0.15) is 20.2 Å². The summed E-state index contributed by atoms with van der Waals surface area (Å²) in [7, 11) is 3.58. The highest BCUT2D eigenvalue weighted by atomic mass is 35.5. The third kappa shape index (κ3) is 4.04. The predicted octanol–water partition coefficient (Wildman–Crippen LogP) is 4.30. The first-order chi connectivity index (χ1) is 13.7. The molecule has 3 aromatic rings. The number of aryl methyl sites for hydroxylation is 1. The number of rotatable bonds is 4. The van der Waals surface area contributed by atoms with Crippen LogP contribution >= 0.6 is 23.2 Å². The number of allylic oxidation sites excluding steroid dienone is 1. The maximum atomic E-state index is 9.71. The standard InChI is InChI=1S/C20H19Cl2N7/c1-11-8-13(12(2)29(11)16-7-5-6-15(21)17(16)22)9-14(10-23)18-25-19(24)27-20(26-18)28(3)4/h5-9H,1-4H3,(H2,24,25,26,27)/b14-9+. The molecular weight excluding hydrogens is 409 g/mol. The van der Waals surface area contributed by atoms with Gasteiger partial charge in [-0.05, 0) is 43.7 Å². The van der Waals surface area contributed by atoms with E-state index in [1.165, 1.54) is 0 Å². The van der Waals surface area contributed by atoms with Gasteiger partial charge < -0.3 is 15.2 Å². The molecule has 2 N–H and O–H groups in total. The van der Waals surface area contributed by atoms with Gasteiger partial charge in [-0.15, -0.1) is 0 Å². The van der Waals surface area contributed by atoms with Crippen molar-refractivity contribution in [1.29, 1.82) is 5.26 Å². The van der Waals surface area contributed by atoms with Gasteiger partial charge in [0.15, 0.2) is 5.82 Å². The Balaban J connectivity index is 2.14. The topological polar surface area (TPSA) is 96.7 Å². The van der Waals surface area contributed by atoms with E-state index in [1.807, 2.05) is 36.6 Å². The average molecular weight is 428 g/mol. The minimum absolute atomic E-state index is 0.0519. The Morgan fingerprint density at radius 3 is 2.59 bits per heavy atom. The van der Waals surface area contributed by atoms with Crippen molar-refractivity contribution in [2.45, 2.75) is 13.8 Å². The maximum absolute atomic E-state index is 9.71. The van der Waals surface area contributed by atoms with E-state index < -0.39 is 0 Å². The van der Waals surface area contributed by atoms with Gasteiger partial charge in [0.05, 0.1) is 21.3 Å². The fraction of sp³-hybridized carbons (Fsp3) is 0.200. The Kier molecular flexibility index (Phi) is 5.78. The molecule has 0 bridgehead atoms. The normalized spacial score (nSPS) is 11.4. The molecule has 29 heavy (non-hydrogen) atoms. The molecule has 1 aromatic carbocycles. The number of hydrogen-bond donors (Lipinski definition) is 1. The van der Waals surface area contributed by atoms with Crippen LogP contribution in [0.5, 0.6) is 0 Å². The molecule has 0 fully saturated rings. The summed E-state index contributed by atoms with van der Waals surface area (Å²) in [6, 6.07) is 9.59. The number of nitriles is 1. The summed E-state index contributed by atoms with van der Waals surface area (Å²) in [4.78, 5) is 14.2. The van der Waals surface area contributed by atoms with E-state index in [1.54, 1.807) is 31.1 Å². The Morgan fingerprint density at radius 1 is 1.21 bits per heavy atom. The van der Waals surface area contributed by atoms with Gasteiger partial charge in [0, 0.05) is 25.5 Å². The number of benzene rings is 1. The highest BCUT2D eigenvalue weighted by Gasteiger charge is 2.16. The van der Waals surface area contributed by atoms with E-state index >= 15 is 0 Å². The summed E-state index contributed by atoms with van der Waals surface area (Å²) in [5, 5.41) is 10.6. The summed E-state index contributed by atoms with van der Waals surface area (Å²) in [6.45, 7) is 3.90. The highest BCUT2D eigenvalue weighted by Crippen LogP contribution is 2.32. The molecule has 3 rings (SSSR count). The van der Waals surface area contributed by atoms with Gasteiger partial charge in [0.25, 0.3) is 0 Å². The first-order valence-electron chi connectivity index (χ1n) is 8.67. The zero-order chi connectivity index (χ0) is 21.3. The Bertz CT molecular complexity index is 1160. The lowest BCUT2D eigenvalue weighted by atomic mass is 10.1. The van der Waals surface area contributed by atoms with E-state index in [0.717, 1.165) is 22.6 Å². The number of anilines is 2. The van der Waals surface area contributed by atoms with Crippen molar-refractivity contribution >= 4 is 46.7 Å². The van der Waals surface area contributed by atoms with Crippen molar-refractivity contribution in [3.63, 3.8) is 0 Å². The first kappa shape index (κ1) is 20.6. The Morgan fingerprint density at radius 2 is 1.93 bits per heavy atom. The van der Waals surface area contributed by atoms with Crippen LogP contribution in [-0.2, 0) is 0 Å². The fourth-order valence-electron chi connectivity index (χ4n) is 2.97. The zero-order valence-corrected chi connectivity index (χ0v) is 17.9. The molecule has 0 unspecified atom stereocenters. The molecular formula is C20H19Cl2N7. The van der Waals surface area contributed by atoms with Crippen molar-refractivity contribution in [3.8, 4) is 11.8 Å². The van der Waals surface area contributed by atoms with Crippen molar-refractivity contribution in [1.82, 2.24) is 19.5 Å². The van der Waals surface area contributed by atoms with Gasteiger partial charge in [0.1, 0.15) is 6.07 Å². The summed E-state index contributed by atoms with van der Waals surface area (Å²) in [5.41, 5.74) is 9.51. The quantitative estimate of drug-likeness (QED) is 0.623. The maximum Gasteiger partial charge on any atom is 0.230 e. The van der Waals surface area contributed by atoms with E-state index in [9.17, 15) is 5.26 Å². The van der Waals surface area contributed by atoms with Crippen LogP contribution < -0.4 is 10.6 Å². The molecule has 2 aromatic heterocycles. The van der Waals surface area contributed by atoms with Crippen LogP contribution in [0.4, 0.5) is 11.9 Å². The molecule has 0 aliphatic heterocycles. The van der Waals surface area contributed by atoms with Crippen molar-refractivity contribution in [3.05, 3.63) is 57.1 Å². The molecule has 2 heterocycles. The smallest absolute Gasteiger partial charge is 0.230 e. The van der Waals surface area contributed by atoms with Crippen molar-refractivity contribution in [2.24, 2.45) is 0 Å². The number of nitrogen functional groups attached to an aromatic ring is 1. The van der Waals surface area contributed by atoms with Crippen LogP contribution in [0.1, 0.15) is 22.8 Å². The highest BCUT2D eigenvalue weighted by molar-refractivity contribution is 6.43. The molecule has 0 saturated heterocycles. The molecule has 9 heteroatoms. The SMILES string of the molecule is Cc1cc(/C=C(\C#N)c2nc(N)nc(N(C)C)n2)c(C)n1-c1cccc(Cl)c1Cl. The molecule has 0 radical (unpaired) electrons. The minimum Gasteiger partial charge on any atom is -0.368 e. The van der Waals surface area contributed by atoms with Crippen molar-refractivity contribution in [2.75, 3.05) is 24.7 Å². The van der Waals surface area contributed by atoms with E-state index in [0.29, 0.717) is 16.0 Å². The van der Waals surface area contributed by atoms with Gasteiger partial charge in [-0.3, -0.25) is 0 Å². The number of halogens is 2. The number of hydrogen-bond acceptors (Lipinski definition) is 6. The molecule has 7 nitrogen and oxygen atoms in total. The Labute approximate surface area is 179 Å². The predicted molar refractivity (Wildman–Crippen MR) is 117 cm³/mol. The second-order valence-electron chi connectivity index (χ2n) is 6.62. The van der Waals surface area contributed by atoms with Crippen LogP contribution in [0.3, 0.4) is 0 Å². The summed E-state index contributed by atoms with van der Waals surface area (Å²) in [6.07, 6.45) is 1.73. The molecule has 148 valence electrons. The molecule has 0 saturated carbocycles. The summed E-state index contributed by atoms with van der Waals surface area (Å²) >= 11 is 12.6. The average Bonchev–Trinajstić information content (AvgIpc) is 2.94. The second kappa shape index (κ2) is 8.11. The second-order valence-corrected chi connectivity index (χ2v) is 7.40. The van der Waals surface area contributed by atoms with Gasteiger partial charge >= 0.3 is 0 Å². The molecule has 0 amide bonds. The van der Waals surface area contributed by atoms with Crippen LogP contribution in [0.15, 0.2) is 24.3 Å². The number of aromatic nitrogens is 4. The molecule has 0 spiro atoms.